The monoisotopic (exact) mass is 288 g/mol. The molecule has 1 aromatic carbocycles. The minimum absolute atomic E-state index is 0.0812. The molecule has 2 atom stereocenters. The summed E-state index contributed by atoms with van der Waals surface area (Å²) in [5, 5.41) is 9.24. The number of carboxylic acids is 1. The Morgan fingerprint density at radius 2 is 2.10 bits per heavy atom. The number of carboxylic acid groups (broad SMARTS) is 1. The summed E-state index contributed by atoms with van der Waals surface area (Å²) in [6.07, 6.45) is 3.63. The van der Waals surface area contributed by atoms with Crippen LogP contribution in [0.2, 0.25) is 0 Å². The van der Waals surface area contributed by atoms with Crippen LogP contribution in [0.5, 0.6) is 0 Å². The zero-order valence-electron chi connectivity index (χ0n) is 12.3. The van der Waals surface area contributed by atoms with Gasteiger partial charge in [-0.3, -0.25) is 0 Å². The molecule has 0 aliphatic carbocycles. The molecule has 0 saturated carbocycles. The largest absolute Gasteiger partial charge is 0.479 e. The number of hydrogen-bond donors (Lipinski definition) is 1. The van der Waals surface area contributed by atoms with Crippen LogP contribution >= 0.6 is 0 Å². The molecule has 0 amide bonds. The molecular weight excluding hydrogens is 268 g/mol. The molecule has 0 aliphatic heterocycles. The van der Waals surface area contributed by atoms with E-state index in [0.29, 0.717) is 5.69 Å². The van der Waals surface area contributed by atoms with Crippen molar-refractivity contribution in [2.75, 3.05) is 0 Å². The van der Waals surface area contributed by atoms with Gasteiger partial charge in [0.1, 0.15) is 0 Å². The fraction of sp³-hybridized carbons (Fsp3) is 0.375. The van der Waals surface area contributed by atoms with Crippen LogP contribution in [0.4, 0.5) is 0 Å². The average molecular weight is 288 g/mol. The van der Waals surface area contributed by atoms with Gasteiger partial charge in [-0.1, -0.05) is 25.1 Å². The number of aromatic nitrogens is 2. The number of ether oxygens (including phenoxy) is 1. The molecule has 0 spiro atoms. The topological polar surface area (TPSA) is 64.4 Å². The summed E-state index contributed by atoms with van der Waals surface area (Å²) in [5.41, 5.74) is 1.69. The fourth-order valence-electron chi connectivity index (χ4n) is 1.97. The van der Waals surface area contributed by atoms with E-state index in [9.17, 15) is 9.90 Å². The van der Waals surface area contributed by atoms with Crippen molar-refractivity contribution in [3.05, 3.63) is 48.5 Å². The molecule has 1 N–H and O–H groups in total. The number of benzene rings is 1. The second-order valence-electron chi connectivity index (χ2n) is 4.99. The van der Waals surface area contributed by atoms with Crippen LogP contribution in [0.3, 0.4) is 0 Å². The number of rotatable bonds is 7. The Morgan fingerprint density at radius 1 is 1.38 bits per heavy atom. The number of hydrogen-bond acceptors (Lipinski definition) is 3. The fourth-order valence-corrected chi connectivity index (χ4v) is 1.97. The zero-order valence-corrected chi connectivity index (χ0v) is 12.3. The molecule has 5 heteroatoms. The van der Waals surface area contributed by atoms with Crippen LogP contribution in [-0.4, -0.2) is 32.8 Å². The molecule has 112 valence electrons. The van der Waals surface area contributed by atoms with Crippen LogP contribution in [0.1, 0.15) is 26.0 Å². The van der Waals surface area contributed by atoms with Crippen molar-refractivity contribution >= 4 is 5.97 Å². The molecule has 21 heavy (non-hydrogen) atoms. The lowest BCUT2D eigenvalue weighted by Gasteiger charge is -2.17. The highest BCUT2D eigenvalue weighted by Crippen LogP contribution is 2.12. The Labute approximate surface area is 124 Å². The first-order valence-electron chi connectivity index (χ1n) is 7.06. The van der Waals surface area contributed by atoms with Crippen molar-refractivity contribution in [3.8, 4) is 5.69 Å². The lowest BCUT2D eigenvalue weighted by Crippen LogP contribution is -2.30. The summed E-state index contributed by atoms with van der Waals surface area (Å²) in [6, 6.07) is 9.77. The van der Waals surface area contributed by atoms with E-state index in [1.165, 1.54) is 0 Å². The van der Waals surface area contributed by atoms with Crippen molar-refractivity contribution in [2.45, 2.75) is 38.9 Å². The van der Waals surface area contributed by atoms with Gasteiger partial charge < -0.3 is 14.4 Å². The second kappa shape index (κ2) is 7.04. The number of imidazole rings is 1. The smallest absolute Gasteiger partial charge is 0.333 e. The molecule has 2 rings (SSSR count). The molecule has 0 saturated heterocycles. The summed E-state index contributed by atoms with van der Waals surface area (Å²) in [7, 11) is 0. The van der Waals surface area contributed by atoms with Gasteiger partial charge in [-0.2, -0.15) is 0 Å². The minimum atomic E-state index is -0.954. The molecule has 1 heterocycles. The lowest BCUT2D eigenvalue weighted by molar-refractivity contribution is -0.153. The third-order valence-corrected chi connectivity index (χ3v) is 3.33. The summed E-state index contributed by atoms with van der Waals surface area (Å²) >= 11 is 0. The second-order valence-corrected chi connectivity index (χ2v) is 4.99. The van der Waals surface area contributed by atoms with E-state index < -0.39 is 12.1 Å². The first-order chi connectivity index (χ1) is 10.1. The Morgan fingerprint density at radius 3 is 2.71 bits per heavy atom. The highest BCUT2D eigenvalue weighted by Gasteiger charge is 2.22. The van der Waals surface area contributed by atoms with Crippen LogP contribution < -0.4 is 0 Å². The zero-order chi connectivity index (χ0) is 15.2. The van der Waals surface area contributed by atoms with Gasteiger partial charge in [0.05, 0.1) is 18.1 Å². The Hall–Kier alpha value is -2.14. The van der Waals surface area contributed by atoms with Crippen molar-refractivity contribution in [1.82, 2.24) is 9.55 Å². The standard InChI is InChI=1S/C16H20N2O3/c1-3-12(2)21-15(16(19)20)9-13-10-18(11-17-13)14-7-5-4-6-8-14/h4-8,10-12,15H,3,9H2,1-2H3,(H,19,20). The van der Waals surface area contributed by atoms with Crippen LogP contribution in [-0.2, 0) is 16.0 Å². The first-order valence-corrected chi connectivity index (χ1v) is 7.06. The Balaban J connectivity index is 2.08. The number of para-hydroxylation sites is 1. The number of nitrogens with zero attached hydrogens (tertiary/aromatic N) is 2. The number of carbonyl (C=O) groups is 1. The number of aliphatic carboxylic acids is 1. The molecule has 0 fully saturated rings. The van der Waals surface area contributed by atoms with E-state index in [-0.39, 0.29) is 12.5 Å². The molecule has 2 aromatic rings. The third kappa shape index (κ3) is 4.16. The Bertz CT molecular complexity index is 580. The highest BCUT2D eigenvalue weighted by molar-refractivity contribution is 5.72. The van der Waals surface area contributed by atoms with Crippen LogP contribution in [0.25, 0.3) is 5.69 Å². The van der Waals surface area contributed by atoms with Gasteiger partial charge in [0.25, 0.3) is 0 Å². The normalized spacial score (nSPS) is 13.8. The van der Waals surface area contributed by atoms with E-state index in [1.807, 2.05) is 54.9 Å². The van der Waals surface area contributed by atoms with Gasteiger partial charge in [0.15, 0.2) is 6.10 Å². The predicted octanol–water partition coefficient (Wildman–Crippen LogP) is 2.68. The molecule has 0 aliphatic rings. The maximum Gasteiger partial charge on any atom is 0.333 e. The van der Waals surface area contributed by atoms with Crippen LogP contribution in [0.15, 0.2) is 42.9 Å². The van der Waals surface area contributed by atoms with Gasteiger partial charge in [-0.25, -0.2) is 9.78 Å². The maximum absolute atomic E-state index is 11.3. The molecule has 1 aromatic heterocycles. The van der Waals surface area contributed by atoms with Crippen LogP contribution in [0, 0.1) is 0 Å². The van der Waals surface area contributed by atoms with Crippen molar-refractivity contribution in [1.29, 1.82) is 0 Å². The highest BCUT2D eigenvalue weighted by atomic mass is 16.5. The van der Waals surface area contributed by atoms with Crippen molar-refractivity contribution < 1.29 is 14.6 Å². The Kier molecular flexibility index (Phi) is 5.11. The predicted molar refractivity (Wildman–Crippen MR) is 79.5 cm³/mol. The van der Waals surface area contributed by atoms with Gasteiger partial charge in [-0.15, -0.1) is 0 Å². The van der Waals surface area contributed by atoms with E-state index >= 15 is 0 Å². The summed E-state index contributed by atoms with van der Waals surface area (Å²) in [5.74, 6) is -0.954. The summed E-state index contributed by atoms with van der Waals surface area (Å²) < 4.78 is 7.40. The first kappa shape index (κ1) is 15.3. The van der Waals surface area contributed by atoms with E-state index in [2.05, 4.69) is 4.98 Å². The minimum Gasteiger partial charge on any atom is -0.479 e. The average Bonchev–Trinajstić information content (AvgIpc) is 2.95. The SMILES string of the molecule is CCC(C)OC(Cc1cn(-c2ccccc2)cn1)C(=O)O. The lowest BCUT2D eigenvalue weighted by atomic mass is 10.2. The summed E-state index contributed by atoms with van der Waals surface area (Å²) in [4.78, 5) is 15.5. The van der Waals surface area contributed by atoms with Gasteiger partial charge in [0.2, 0.25) is 0 Å². The maximum atomic E-state index is 11.3. The van der Waals surface area contributed by atoms with Gasteiger partial charge in [0, 0.05) is 18.3 Å². The van der Waals surface area contributed by atoms with Crippen molar-refractivity contribution in [3.63, 3.8) is 0 Å². The molecule has 5 nitrogen and oxygen atoms in total. The van der Waals surface area contributed by atoms with E-state index in [1.54, 1.807) is 6.33 Å². The summed E-state index contributed by atoms with van der Waals surface area (Å²) in [6.45, 7) is 3.84. The quantitative estimate of drug-likeness (QED) is 0.850. The molecule has 0 radical (unpaired) electrons. The van der Waals surface area contributed by atoms with E-state index in [4.69, 9.17) is 4.74 Å². The third-order valence-electron chi connectivity index (χ3n) is 3.33. The van der Waals surface area contributed by atoms with Gasteiger partial charge in [-0.05, 0) is 25.5 Å². The van der Waals surface area contributed by atoms with Gasteiger partial charge >= 0.3 is 5.97 Å². The molecular formula is C16H20N2O3. The molecule has 2 unspecified atom stereocenters. The molecule has 0 bridgehead atoms. The van der Waals surface area contributed by atoms with Crippen molar-refractivity contribution in [2.24, 2.45) is 0 Å². The van der Waals surface area contributed by atoms with E-state index in [0.717, 1.165) is 12.1 Å².